The smallest absolute Gasteiger partial charge is 0.661 e. The van der Waals surface area contributed by atoms with Crippen molar-refractivity contribution in [3.63, 3.8) is 0 Å². The summed E-state index contributed by atoms with van der Waals surface area (Å²) >= 11 is 0. The summed E-state index contributed by atoms with van der Waals surface area (Å²) in [6.45, 7) is 19.9. The van der Waals surface area contributed by atoms with Crippen molar-refractivity contribution >= 4 is 63.0 Å². The van der Waals surface area contributed by atoms with E-state index in [2.05, 4.69) is 179 Å². The predicted molar refractivity (Wildman–Crippen MR) is 270 cm³/mol. The largest absolute Gasteiger partial charge is 3.00 e. The van der Waals surface area contributed by atoms with E-state index >= 15 is 0 Å². The molecule has 0 fully saturated rings. The Kier molecular flexibility index (Phi) is 12.5. The van der Waals surface area contributed by atoms with Crippen LogP contribution in [-0.2, 0) is 20.1 Å². The van der Waals surface area contributed by atoms with Crippen molar-refractivity contribution in [2.45, 2.75) is 85.1 Å². The topological polar surface area (TPSA) is 43.4 Å². The van der Waals surface area contributed by atoms with Crippen LogP contribution in [0.2, 0.25) is 19.6 Å². The molecule has 0 aliphatic carbocycles. The first kappa shape index (κ1) is 43.5. The maximum Gasteiger partial charge on any atom is 3.00 e. The number of anilines is 2. The second kappa shape index (κ2) is 18.4. The van der Waals surface area contributed by atoms with Crippen molar-refractivity contribution in [2.24, 2.45) is 0 Å². The molecule has 0 amide bonds. The van der Waals surface area contributed by atoms with E-state index in [1.54, 1.807) is 0 Å². The fourth-order valence-electron chi connectivity index (χ4n) is 9.06. The van der Waals surface area contributed by atoms with Gasteiger partial charge in [-0.2, -0.15) is 18.2 Å². The maximum absolute atomic E-state index is 8.44. The van der Waals surface area contributed by atoms with E-state index in [9.17, 15) is 0 Å². The Bertz CT molecular complexity index is 3110. The molecule has 2 aromatic heterocycles. The molecule has 3 heterocycles. The molecule has 1 aliphatic rings. The number of para-hydroxylation sites is 1. The molecule has 4 nitrogen and oxygen atoms in total. The third kappa shape index (κ3) is 8.47. The molecular weight excluding hydrogens is 975 g/mol. The number of furan rings is 1. The molecule has 322 valence electrons. The fourth-order valence-corrected chi connectivity index (χ4v) is 10.6. The van der Waals surface area contributed by atoms with E-state index in [1.165, 1.54) is 38.3 Å². The standard InChI is InChI=1S/C41H34N2O.C17H22NSi.Ir/c1-25(2)30-16-10-17-31(26(3)4)38(30)43-39-32-15-9-8-14-28(32)21-23-36(39)42-41(43)35-19-11-18-34-33-22-20-29(24-37(33)44-40(34)35)27-12-6-5-7-13-27;1-13(2)15-11-16(14-9-7-6-8-10-14)18-12-17(15)19(3,4)5;/h5-18,20-26,41H,1-4H3;6-9,11-13H,1-5H3;/q-2;-1;+3/i;13D;. The number of pyridine rings is 1. The van der Waals surface area contributed by atoms with Gasteiger partial charge < -0.3 is 19.6 Å². The number of aromatic nitrogens is 1. The van der Waals surface area contributed by atoms with Crippen LogP contribution in [-0.4, -0.2) is 13.1 Å². The summed E-state index contributed by atoms with van der Waals surface area (Å²) in [6, 6.07) is 57.7. The zero-order valence-electron chi connectivity index (χ0n) is 39.2. The van der Waals surface area contributed by atoms with Gasteiger partial charge in [0, 0.05) is 35.3 Å². The minimum absolute atomic E-state index is 0. The summed E-state index contributed by atoms with van der Waals surface area (Å²) < 4.78 is 15.2. The summed E-state index contributed by atoms with van der Waals surface area (Å²) in [5.74, 6) is 0.0683. The second-order valence-corrected chi connectivity index (χ2v) is 23.6. The second-order valence-electron chi connectivity index (χ2n) is 18.6. The van der Waals surface area contributed by atoms with Crippen LogP contribution >= 0.6 is 0 Å². The van der Waals surface area contributed by atoms with Gasteiger partial charge >= 0.3 is 20.1 Å². The summed E-state index contributed by atoms with van der Waals surface area (Å²) in [5.41, 5.74) is 14.0. The van der Waals surface area contributed by atoms with Gasteiger partial charge in [-0.15, -0.1) is 47.1 Å². The SMILES string of the molecule is CC(C)c1cccc(C(C)C)c1N1c2c(ccc3ccccc23)[N-]C1c1[c-]ccc2c1oc1cc(-c3ccccc3)ccc12.[2H]C(C)(C)c1cc(-c2[c-]cccc2)ncc1[Si](C)(C)C.[Ir+3]. The molecule has 7 aromatic carbocycles. The van der Waals surface area contributed by atoms with E-state index in [1.807, 2.05) is 56.4 Å². The Hall–Kier alpha value is -5.78. The zero-order chi connectivity index (χ0) is 44.9. The van der Waals surface area contributed by atoms with Gasteiger partial charge in [0.05, 0.1) is 8.07 Å². The molecule has 1 aliphatic heterocycles. The predicted octanol–water partition coefficient (Wildman–Crippen LogP) is 16.5. The van der Waals surface area contributed by atoms with Crippen LogP contribution in [0.3, 0.4) is 0 Å². The molecular formula is C58H56IrN3OSi. The van der Waals surface area contributed by atoms with Crippen LogP contribution in [0, 0.1) is 12.1 Å². The summed E-state index contributed by atoms with van der Waals surface area (Å²) in [4.78, 5) is 7.09. The monoisotopic (exact) mass is 1030 g/mol. The van der Waals surface area contributed by atoms with Gasteiger partial charge in [0.1, 0.15) is 5.58 Å². The van der Waals surface area contributed by atoms with Crippen LogP contribution in [0.5, 0.6) is 0 Å². The molecule has 6 heteroatoms. The molecule has 0 spiro atoms. The Morgan fingerprint density at radius 3 is 2.06 bits per heavy atom. The molecule has 10 rings (SSSR count). The normalized spacial score (nSPS) is 14.0. The van der Waals surface area contributed by atoms with Gasteiger partial charge in [-0.05, 0) is 68.5 Å². The van der Waals surface area contributed by atoms with Gasteiger partial charge in [-0.1, -0.05) is 175 Å². The molecule has 9 aromatic rings. The van der Waals surface area contributed by atoms with Crippen molar-refractivity contribution in [1.29, 1.82) is 0 Å². The number of nitrogens with zero attached hydrogens (tertiary/aromatic N) is 3. The van der Waals surface area contributed by atoms with E-state index in [0.29, 0.717) is 11.8 Å². The van der Waals surface area contributed by atoms with Gasteiger partial charge in [0.15, 0.2) is 0 Å². The van der Waals surface area contributed by atoms with Crippen LogP contribution in [0.1, 0.15) is 89.1 Å². The van der Waals surface area contributed by atoms with Crippen LogP contribution in [0.4, 0.5) is 17.1 Å². The Morgan fingerprint density at radius 1 is 0.656 bits per heavy atom. The van der Waals surface area contributed by atoms with Crippen molar-refractivity contribution in [2.75, 3.05) is 4.90 Å². The number of benzene rings is 7. The van der Waals surface area contributed by atoms with E-state index < -0.39 is 14.0 Å². The minimum Gasteiger partial charge on any atom is -0.661 e. The summed E-state index contributed by atoms with van der Waals surface area (Å²) in [5, 5.41) is 11.3. The minimum atomic E-state index is -1.50. The van der Waals surface area contributed by atoms with Crippen molar-refractivity contribution < 1.29 is 25.9 Å². The molecule has 0 radical (unpaired) electrons. The molecule has 0 bridgehead atoms. The quantitative estimate of drug-likeness (QED) is 0.113. The van der Waals surface area contributed by atoms with Gasteiger partial charge in [0.25, 0.3) is 0 Å². The van der Waals surface area contributed by atoms with Gasteiger partial charge in [-0.3, -0.25) is 0 Å². The van der Waals surface area contributed by atoms with Crippen molar-refractivity contribution in [1.82, 2.24) is 4.98 Å². The molecule has 1 unspecified atom stereocenters. The molecule has 1 atom stereocenters. The average Bonchev–Trinajstić information content (AvgIpc) is 3.87. The maximum atomic E-state index is 8.44. The Labute approximate surface area is 395 Å². The fraction of sp³-hybridized carbons (Fsp3) is 0.224. The van der Waals surface area contributed by atoms with Gasteiger partial charge in [0.2, 0.25) is 0 Å². The van der Waals surface area contributed by atoms with Crippen LogP contribution < -0.4 is 10.1 Å². The number of hydrogen-bond acceptors (Lipinski definition) is 3. The van der Waals surface area contributed by atoms with Crippen LogP contribution in [0.15, 0.2) is 156 Å². The third-order valence-electron chi connectivity index (χ3n) is 12.3. The summed E-state index contributed by atoms with van der Waals surface area (Å²) in [7, 11) is -1.50. The van der Waals surface area contributed by atoms with Gasteiger partial charge in [-0.25, -0.2) is 0 Å². The Morgan fingerprint density at radius 2 is 1.38 bits per heavy atom. The van der Waals surface area contributed by atoms with E-state index in [0.717, 1.165) is 61.3 Å². The van der Waals surface area contributed by atoms with E-state index in [-0.39, 0.29) is 26.3 Å². The van der Waals surface area contributed by atoms with Crippen molar-refractivity contribution in [3.05, 3.63) is 191 Å². The number of hydrogen-bond donors (Lipinski definition) is 0. The average molecular weight is 1030 g/mol. The molecule has 64 heavy (non-hydrogen) atoms. The Balaban J connectivity index is 0.000000232. The van der Waals surface area contributed by atoms with Crippen LogP contribution in [0.25, 0.3) is 60.4 Å². The first-order valence-corrected chi connectivity index (χ1v) is 25.7. The van der Waals surface area contributed by atoms with E-state index in [4.69, 9.17) is 11.1 Å². The first-order chi connectivity index (χ1) is 30.7. The molecule has 0 saturated carbocycles. The third-order valence-corrected chi connectivity index (χ3v) is 14.3. The number of rotatable bonds is 8. The molecule has 0 saturated heterocycles. The summed E-state index contributed by atoms with van der Waals surface area (Å²) in [6.07, 6.45) is 1.65. The first-order valence-electron chi connectivity index (χ1n) is 22.7. The molecule has 0 N–H and O–H groups in total. The number of fused-ring (bicyclic) bond motifs is 6. The zero-order valence-corrected chi connectivity index (χ0v) is 41.6. The van der Waals surface area contributed by atoms with Crippen molar-refractivity contribution in [3.8, 4) is 22.4 Å².